The van der Waals surface area contributed by atoms with E-state index in [1.807, 2.05) is 6.07 Å². The van der Waals surface area contributed by atoms with Crippen LogP contribution in [0.1, 0.15) is 22.7 Å². The molecule has 0 saturated heterocycles. The molecule has 3 nitrogen and oxygen atoms in total. The van der Waals surface area contributed by atoms with E-state index in [9.17, 15) is 23.1 Å². The molecule has 0 radical (unpaired) electrons. The fourth-order valence-corrected chi connectivity index (χ4v) is 2.16. The largest absolute Gasteiger partial charge is 0.416 e. The summed E-state index contributed by atoms with van der Waals surface area (Å²) >= 11 is 0. The van der Waals surface area contributed by atoms with Crippen molar-refractivity contribution in [1.82, 2.24) is 5.32 Å². The number of carbonyl (C=O) groups excluding carboxylic acids is 1. The van der Waals surface area contributed by atoms with Crippen LogP contribution >= 0.6 is 0 Å². The van der Waals surface area contributed by atoms with E-state index in [1.54, 1.807) is 24.3 Å². The lowest BCUT2D eigenvalue weighted by Crippen LogP contribution is -2.31. The maximum absolute atomic E-state index is 12.5. The third kappa shape index (κ3) is 4.82. The van der Waals surface area contributed by atoms with Crippen LogP contribution in [0.3, 0.4) is 0 Å². The highest BCUT2D eigenvalue weighted by molar-refractivity contribution is 5.79. The molecule has 0 aromatic heterocycles. The summed E-state index contributed by atoms with van der Waals surface area (Å²) in [5.41, 5.74) is 0.482. The highest BCUT2D eigenvalue weighted by Gasteiger charge is 2.30. The second-order valence-corrected chi connectivity index (χ2v) is 5.08. The van der Waals surface area contributed by atoms with Gasteiger partial charge < -0.3 is 10.4 Å². The molecule has 1 atom stereocenters. The van der Waals surface area contributed by atoms with E-state index in [2.05, 4.69) is 5.32 Å². The van der Waals surface area contributed by atoms with E-state index in [-0.39, 0.29) is 18.9 Å². The number of alkyl halides is 3. The first-order valence-corrected chi connectivity index (χ1v) is 7.01. The van der Waals surface area contributed by atoms with Crippen LogP contribution in [0.4, 0.5) is 13.2 Å². The van der Waals surface area contributed by atoms with Crippen molar-refractivity contribution in [2.75, 3.05) is 6.61 Å². The second-order valence-electron chi connectivity index (χ2n) is 5.08. The van der Waals surface area contributed by atoms with Gasteiger partial charge in [0.1, 0.15) is 0 Å². The van der Waals surface area contributed by atoms with Gasteiger partial charge in [-0.05, 0) is 23.3 Å². The molecule has 0 heterocycles. The van der Waals surface area contributed by atoms with Gasteiger partial charge in [0.25, 0.3) is 0 Å². The molecular weight excluding hydrogens is 307 g/mol. The molecule has 2 aromatic carbocycles. The minimum atomic E-state index is -4.39. The number of nitrogens with one attached hydrogen (secondary N) is 1. The van der Waals surface area contributed by atoms with E-state index in [1.165, 1.54) is 12.1 Å². The second kappa shape index (κ2) is 7.28. The van der Waals surface area contributed by atoms with Gasteiger partial charge in [-0.1, -0.05) is 42.5 Å². The molecule has 23 heavy (non-hydrogen) atoms. The van der Waals surface area contributed by atoms with Crippen molar-refractivity contribution < 1.29 is 23.1 Å². The standard InChI is InChI=1S/C17H16F3NO2/c18-17(19,20)14-8-6-12(7-9-14)10-16(23)21-15(11-22)13-4-2-1-3-5-13/h1-9,15,22H,10-11H2,(H,21,23). The Labute approximate surface area is 131 Å². The van der Waals surface area contributed by atoms with Crippen LogP contribution in [0.25, 0.3) is 0 Å². The Hall–Kier alpha value is -2.34. The molecule has 0 aliphatic rings. The molecule has 0 bridgehead atoms. The fourth-order valence-electron chi connectivity index (χ4n) is 2.16. The van der Waals surface area contributed by atoms with Gasteiger partial charge in [0.2, 0.25) is 5.91 Å². The Kier molecular flexibility index (Phi) is 5.39. The van der Waals surface area contributed by atoms with Gasteiger partial charge in [0.15, 0.2) is 0 Å². The lowest BCUT2D eigenvalue weighted by molar-refractivity contribution is -0.137. The van der Waals surface area contributed by atoms with Gasteiger partial charge in [-0.15, -0.1) is 0 Å². The number of benzene rings is 2. The monoisotopic (exact) mass is 323 g/mol. The van der Waals surface area contributed by atoms with E-state index in [0.717, 1.165) is 17.7 Å². The Morgan fingerprint density at radius 2 is 1.65 bits per heavy atom. The first-order valence-electron chi connectivity index (χ1n) is 7.01. The smallest absolute Gasteiger partial charge is 0.394 e. The molecule has 0 aliphatic carbocycles. The maximum Gasteiger partial charge on any atom is 0.416 e. The van der Waals surface area contributed by atoms with E-state index in [4.69, 9.17) is 0 Å². The van der Waals surface area contributed by atoms with Crippen molar-refractivity contribution in [3.63, 3.8) is 0 Å². The number of amides is 1. The number of hydrogen-bond donors (Lipinski definition) is 2. The summed E-state index contributed by atoms with van der Waals surface area (Å²) in [7, 11) is 0. The highest BCUT2D eigenvalue weighted by atomic mass is 19.4. The summed E-state index contributed by atoms with van der Waals surface area (Å²) in [5, 5.41) is 12.0. The number of rotatable bonds is 5. The van der Waals surface area contributed by atoms with Crippen molar-refractivity contribution in [3.8, 4) is 0 Å². The molecule has 2 N–H and O–H groups in total. The predicted octanol–water partition coefficient (Wildman–Crippen LogP) is 3.10. The predicted molar refractivity (Wildman–Crippen MR) is 79.6 cm³/mol. The number of hydrogen-bond acceptors (Lipinski definition) is 2. The summed E-state index contributed by atoms with van der Waals surface area (Å²) in [6.45, 7) is -0.261. The van der Waals surface area contributed by atoms with E-state index in [0.29, 0.717) is 5.56 Å². The molecule has 0 aliphatic heterocycles. The van der Waals surface area contributed by atoms with E-state index < -0.39 is 17.8 Å². The molecule has 0 fully saturated rings. The molecule has 2 rings (SSSR count). The Morgan fingerprint density at radius 1 is 1.04 bits per heavy atom. The van der Waals surface area contributed by atoms with Crippen molar-refractivity contribution in [2.24, 2.45) is 0 Å². The van der Waals surface area contributed by atoms with Crippen LogP contribution in [0, 0.1) is 0 Å². The first-order chi connectivity index (χ1) is 10.9. The molecule has 1 unspecified atom stereocenters. The van der Waals surface area contributed by atoms with E-state index >= 15 is 0 Å². The van der Waals surface area contributed by atoms with Crippen LogP contribution < -0.4 is 5.32 Å². The lowest BCUT2D eigenvalue weighted by Gasteiger charge is -2.17. The van der Waals surface area contributed by atoms with Crippen molar-refractivity contribution >= 4 is 5.91 Å². The van der Waals surface area contributed by atoms with Gasteiger partial charge in [0, 0.05) is 0 Å². The average Bonchev–Trinajstić information content (AvgIpc) is 2.53. The molecule has 6 heteroatoms. The molecule has 0 saturated carbocycles. The summed E-state index contributed by atoms with van der Waals surface area (Å²) < 4.78 is 37.4. The van der Waals surface area contributed by atoms with Crippen molar-refractivity contribution in [1.29, 1.82) is 0 Å². The van der Waals surface area contributed by atoms with Crippen LogP contribution in [-0.4, -0.2) is 17.6 Å². The lowest BCUT2D eigenvalue weighted by atomic mass is 10.1. The number of halogens is 3. The van der Waals surface area contributed by atoms with Crippen molar-refractivity contribution in [3.05, 3.63) is 71.3 Å². The number of aliphatic hydroxyl groups excluding tert-OH is 1. The third-order valence-corrected chi connectivity index (χ3v) is 3.37. The zero-order valence-electron chi connectivity index (χ0n) is 12.2. The van der Waals surface area contributed by atoms with Gasteiger partial charge in [-0.2, -0.15) is 13.2 Å². The molecule has 122 valence electrons. The van der Waals surface area contributed by atoms with Gasteiger partial charge >= 0.3 is 6.18 Å². The molecule has 0 spiro atoms. The van der Waals surface area contributed by atoms with Crippen LogP contribution in [0.2, 0.25) is 0 Å². The summed E-state index contributed by atoms with van der Waals surface area (Å²) in [4.78, 5) is 12.0. The van der Waals surface area contributed by atoms with Crippen LogP contribution in [-0.2, 0) is 17.4 Å². The molecule has 1 amide bonds. The van der Waals surface area contributed by atoms with Crippen LogP contribution in [0.5, 0.6) is 0 Å². The zero-order valence-corrected chi connectivity index (χ0v) is 12.2. The molecule has 2 aromatic rings. The maximum atomic E-state index is 12.5. The van der Waals surface area contributed by atoms with Gasteiger partial charge in [0.05, 0.1) is 24.6 Å². The minimum Gasteiger partial charge on any atom is -0.394 e. The highest BCUT2D eigenvalue weighted by Crippen LogP contribution is 2.29. The van der Waals surface area contributed by atoms with Crippen molar-refractivity contribution in [2.45, 2.75) is 18.6 Å². The number of carbonyl (C=O) groups is 1. The average molecular weight is 323 g/mol. The van der Waals surface area contributed by atoms with Gasteiger partial charge in [-0.25, -0.2) is 0 Å². The fraction of sp³-hybridized carbons (Fsp3) is 0.235. The summed E-state index contributed by atoms with van der Waals surface area (Å²) in [6, 6.07) is 12.9. The topological polar surface area (TPSA) is 49.3 Å². The zero-order chi connectivity index (χ0) is 16.9. The minimum absolute atomic E-state index is 0.0541. The summed E-state index contributed by atoms with van der Waals surface area (Å²) in [5.74, 6) is -0.368. The Bertz CT molecular complexity index is 639. The van der Waals surface area contributed by atoms with Gasteiger partial charge in [-0.3, -0.25) is 4.79 Å². The summed E-state index contributed by atoms with van der Waals surface area (Å²) in [6.07, 6.45) is -4.45. The molecular formula is C17H16F3NO2. The first kappa shape index (κ1) is 17.0. The Morgan fingerprint density at radius 3 is 2.17 bits per heavy atom. The quantitative estimate of drug-likeness (QED) is 0.888. The number of aliphatic hydroxyl groups is 1. The Balaban J connectivity index is 1.99. The normalized spacial score (nSPS) is 12.7. The SMILES string of the molecule is O=C(Cc1ccc(C(F)(F)F)cc1)NC(CO)c1ccccc1. The van der Waals surface area contributed by atoms with Crippen LogP contribution in [0.15, 0.2) is 54.6 Å². The third-order valence-electron chi connectivity index (χ3n) is 3.37.